The second-order valence-corrected chi connectivity index (χ2v) is 4.67. The van der Waals surface area contributed by atoms with E-state index in [0.29, 0.717) is 17.5 Å². The summed E-state index contributed by atoms with van der Waals surface area (Å²) in [5.74, 6) is 0. The predicted molar refractivity (Wildman–Crippen MR) is 72.5 cm³/mol. The van der Waals surface area contributed by atoms with Crippen LogP contribution in [0.25, 0.3) is 10.9 Å². The van der Waals surface area contributed by atoms with Crippen molar-refractivity contribution in [2.24, 2.45) is 0 Å². The zero-order chi connectivity index (χ0) is 13.0. The summed E-state index contributed by atoms with van der Waals surface area (Å²) in [5, 5.41) is 0.521. The van der Waals surface area contributed by atoms with Gasteiger partial charge in [0.15, 0.2) is 0 Å². The van der Waals surface area contributed by atoms with E-state index in [9.17, 15) is 4.79 Å². The van der Waals surface area contributed by atoms with Crippen molar-refractivity contribution in [2.45, 2.75) is 24.7 Å². The van der Waals surface area contributed by atoms with Gasteiger partial charge in [0.2, 0.25) is 0 Å². The average Bonchev–Trinajstić information content (AvgIpc) is 2.38. The standard InChI is InChI=1S/C13H15NO3S/c1-3-4-8-16-13-14-9-6-5-7-10(18-2)11(9)12(15)17-13/h5-7H,3-4,8H2,1-2H3. The van der Waals surface area contributed by atoms with Crippen LogP contribution in [0, 0.1) is 0 Å². The summed E-state index contributed by atoms with van der Waals surface area (Å²) in [6.45, 7) is 2.58. The molecule has 4 nitrogen and oxygen atoms in total. The summed E-state index contributed by atoms with van der Waals surface area (Å²) in [6.07, 6.45) is 3.90. The van der Waals surface area contributed by atoms with Gasteiger partial charge in [-0.3, -0.25) is 0 Å². The lowest BCUT2D eigenvalue weighted by Gasteiger charge is -2.05. The lowest BCUT2D eigenvalue weighted by molar-refractivity contribution is 0.213. The Labute approximate surface area is 109 Å². The molecule has 0 amide bonds. The molecule has 0 aliphatic heterocycles. The van der Waals surface area contributed by atoms with E-state index < -0.39 is 5.63 Å². The Morgan fingerprint density at radius 1 is 1.44 bits per heavy atom. The molecular weight excluding hydrogens is 250 g/mol. The van der Waals surface area contributed by atoms with Crippen LogP contribution in [0.3, 0.4) is 0 Å². The van der Waals surface area contributed by atoms with Crippen LogP contribution >= 0.6 is 11.8 Å². The molecule has 0 spiro atoms. The molecule has 1 heterocycles. The fraction of sp³-hybridized carbons (Fsp3) is 0.385. The van der Waals surface area contributed by atoms with E-state index in [2.05, 4.69) is 11.9 Å². The van der Waals surface area contributed by atoms with Gasteiger partial charge in [-0.2, -0.15) is 4.98 Å². The minimum atomic E-state index is -0.392. The third-order valence-electron chi connectivity index (χ3n) is 2.54. The molecule has 0 saturated heterocycles. The SMILES string of the molecule is CCCCOc1nc2cccc(SC)c2c(=O)o1. The van der Waals surface area contributed by atoms with Gasteiger partial charge in [-0.25, -0.2) is 4.79 Å². The number of aromatic nitrogens is 1. The van der Waals surface area contributed by atoms with Crippen molar-refractivity contribution in [3.63, 3.8) is 0 Å². The van der Waals surface area contributed by atoms with Gasteiger partial charge in [-0.05, 0) is 24.8 Å². The Balaban J connectivity index is 2.41. The Morgan fingerprint density at radius 2 is 2.28 bits per heavy atom. The predicted octanol–water partition coefficient (Wildman–Crippen LogP) is 3.09. The first kappa shape index (κ1) is 13.0. The first-order chi connectivity index (χ1) is 8.76. The van der Waals surface area contributed by atoms with Crippen LogP contribution in [0.2, 0.25) is 0 Å². The monoisotopic (exact) mass is 265 g/mol. The molecular formula is C13H15NO3S. The quantitative estimate of drug-likeness (QED) is 0.614. The summed E-state index contributed by atoms with van der Waals surface area (Å²) in [4.78, 5) is 17.0. The van der Waals surface area contributed by atoms with Crippen molar-refractivity contribution in [3.05, 3.63) is 28.6 Å². The van der Waals surface area contributed by atoms with Gasteiger partial charge < -0.3 is 9.15 Å². The van der Waals surface area contributed by atoms with Gasteiger partial charge in [0.1, 0.15) is 0 Å². The van der Waals surface area contributed by atoms with Crippen LogP contribution < -0.4 is 10.4 Å². The maximum atomic E-state index is 11.9. The van der Waals surface area contributed by atoms with Gasteiger partial charge in [-0.1, -0.05) is 19.4 Å². The molecule has 96 valence electrons. The number of benzene rings is 1. The summed E-state index contributed by atoms with van der Waals surface area (Å²) in [6, 6.07) is 5.54. The highest BCUT2D eigenvalue weighted by Gasteiger charge is 2.10. The number of nitrogens with zero attached hydrogens (tertiary/aromatic N) is 1. The van der Waals surface area contributed by atoms with E-state index in [-0.39, 0.29) is 6.08 Å². The lowest BCUT2D eigenvalue weighted by atomic mass is 10.2. The van der Waals surface area contributed by atoms with Crippen LogP contribution in [-0.2, 0) is 0 Å². The molecule has 18 heavy (non-hydrogen) atoms. The molecule has 0 bridgehead atoms. The van der Waals surface area contributed by atoms with E-state index in [1.807, 2.05) is 18.4 Å². The van der Waals surface area contributed by atoms with Gasteiger partial charge >= 0.3 is 11.7 Å². The van der Waals surface area contributed by atoms with Crippen molar-refractivity contribution >= 4 is 22.7 Å². The minimum Gasteiger partial charge on any atom is -0.450 e. The van der Waals surface area contributed by atoms with Crippen molar-refractivity contribution < 1.29 is 9.15 Å². The number of rotatable bonds is 5. The van der Waals surface area contributed by atoms with E-state index in [1.54, 1.807) is 6.07 Å². The zero-order valence-corrected chi connectivity index (χ0v) is 11.3. The van der Waals surface area contributed by atoms with Crippen molar-refractivity contribution in [1.29, 1.82) is 0 Å². The number of ether oxygens (including phenoxy) is 1. The molecule has 0 N–H and O–H groups in total. The van der Waals surface area contributed by atoms with Crippen LogP contribution in [0.1, 0.15) is 19.8 Å². The molecule has 0 saturated carbocycles. The molecule has 1 aromatic carbocycles. The highest BCUT2D eigenvalue weighted by molar-refractivity contribution is 7.98. The fourth-order valence-corrected chi connectivity index (χ4v) is 2.21. The van der Waals surface area contributed by atoms with Crippen LogP contribution in [0.15, 0.2) is 32.3 Å². The number of hydrogen-bond acceptors (Lipinski definition) is 5. The summed E-state index contributed by atoms with van der Waals surface area (Å²) >= 11 is 1.50. The highest BCUT2D eigenvalue weighted by atomic mass is 32.2. The molecule has 2 aromatic rings. The van der Waals surface area contributed by atoms with Crippen LogP contribution in [0.5, 0.6) is 6.08 Å². The number of fused-ring (bicyclic) bond motifs is 1. The Hall–Kier alpha value is -1.49. The summed E-state index contributed by atoms with van der Waals surface area (Å²) < 4.78 is 10.4. The molecule has 0 atom stereocenters. The van der Waals surface area contributed by atoms with Crippen molar-refractivity contribution in [1.82, 2.24) is 4.98 Å². The largest absolute Gasteiger partial charge is 0.450 e. The molecule has 1 aromatic heterocycles. The van der Waals surface area contributed by atoms with E-state index in [4.69, 9.17) is 9.15 Å². The van der Waals surface area contributed by atoms with E-state index >= 15 is 0 Å². The van der Waals surface area contributed by atoms with Crippen LogP contribution in [0.4, 0.5) is 0 Å². The molecule has 5 heteroatoms. The summed E-state index contributed by atoms with van der Waals surface area (Å²) in [7, 11) is 0. The van der Waals surface area contributed by atoms with Crippen LogP contribution in [-0.4, -0.2) is 17.8 Å². The fourth-order valence-electron chi connectivity index (χ4n) is 1.61. The smallest absolute Gasteiger partial charge is 0.397 e. The lowest BCUT2D eigenvalue weighted by Crippen LogP contribution is -2.07. The highest BCUT2D eigenvalue weighted by Crippen LogP contribution is 2.23. The Morgan fingerprint density at radius 3 is 3.00 bits per heavy atom. The van der Waals surface area contributed by atoms with Gasteiger partial charge in [0, 0.05) is 4.90 Å². The summed E-state index contributed by atoms with van der Waals surface area (Å²) in [5.41, 5.74) is 0.223. The molecule has 0 aliphatic carbocycles. The maximum absolute atomic E-state index is 11.9. The van der Waals surface area contributed by atoms with Gasteiger partial charge in [-0.15, -0.1) is 11.8 Å². The number of hydrogen-bond donors (Lipinski definition) is 0. The second-order valence-electron chi connectivity index (χ2n) is 3.82. The van der Waals surface area contributed by atoms with Gasteiger partial charge in [0.25, 0.3) is 0 Å². The number of thioether (sulfide) groups is 1. The third-order valence-corrected chi connectivity index (χ3v) is 3.32. The van der Waals surface area contributed by atoms with Gasteiger partial charge in [0.05, 0.1) is 17.5 Å². The molecule has 0 aliphatic rings. The first-order valence-corrected chi connectivity index (χ1v) is 7.09. The van der Waals surface area contributed by atoms with E-state index in [0.717, 1.165) is 17.7 Å². The third kappa shape index (κ3) is 2.67. The minimum absolute atomic E-state index is 0.0548. The first-order valence-electron chi connectivity index (χ1n) is 5.87. The molecule has 0 fully saturated rings. The normalized spacial score (nSPS) is 10.8. The molecule has 0 unspecified atom stereocenters. The Bertz CT molecular complexity index is 594. The Kier molecular flexibility index (Phi) is 4.25. The topological polar surface area (TPSA) is 52.3 Å². The van der Waals surface area contributed by atoms with Crippen molar-refractivity contribution in [2.75, 3.05) is 12.9 Å². The zero-order valence-electron chi connectivity index (χ0n) is 10.4. The van der Waals surface area contributed by atoms with Crippen molar-refractivity contribution in [3.8, 4) is 6.08 Å². The number of unbranched alkanes of at least 4 members (excludes halogenated alkanes) is 1. The molecule has 0 radical (unpaired) electrons. The second kappa shape index (κ2) is 5.91. The maximum Gasteiger partial charge on any atom is 0.397 e. The molecule has 2 rings (SSSR count). The van der Waals surface area contributed by atoms with E-state index in [1.165, 1.54) is 11.8 Å². The average molecular weight is 265 g/mol.